The van der Waals surface area contributed by atoms with Crippen LogP contribution in [0.4, 0.5) is 0 Å². The van der Waals surface area contributed by atoms with Crippen LogP contribution >= 0.6 is 0 Å². The number of amides is 2. The van der Waals surface area contributed by atoms with Crippen molar-refractivity contribution in [2.75, 3.05) is 6.54 Å². The minimum atomic E-state index is -0.695. The van der Waals surface area contributed by atoms with Gasteiger partial charge in [-0.15, -0.1) is 0 Å². The highest BCUT2D eigenvalue weighted by Crippen LogP contribution is 2.28. The minimum Gasteiger partial charge on any atom is -0.340 e. The first kappa shape index (κ1) is 17.0. The normalized spacial score (nSPS) is 22.6. The second-order valence-corrected chi connectivity index (χ2v) is 6.65. The Bertz CT molecular complexity index is 359. The van der Waals surface area contributed by atoms with Crippen molar-refractivity contribution in [3.63, 3.8) is 0 Å². The summed E-state index contributed by atoms with van der Waals surface area (Å²) in [5.41, 5.74) is -0.695. The molecule has 1 fully saturated rings. The van der Waals surface area contributed by atoms with E-state index >= 15 is 0 Å². The molecule has 1 unspecified atom stereocenters. The smallest absolute Gasteiger partial charge is 0.248 e. The molecule has 0 aromatic rings. The third-order valence-electron chi connectivity index (χ3n) is 4.42. The summed E-state index contributed by atoms with van der Waals surface area (Å²) >= 11 is 0. The van der Waals surface area contributed by atoms with Crippen molar-refractivity contribution in [2.45, 2.75) is 72.4 Å². The van der Waals surface area contributed by atoms with Crippen molar-refractivity contribution in [3.05, 3.63) is 0 Å². The Morgan fingerprint density at radius 2 is 1.70 bits per heavy atom. The van der Waals surface area contributed by atoms with Gasteiger partial charge in [-0.05, 0) is 31.1 Å². The Kier molecular flexibility index (Phi) is 5.60. The summed E-state index contributed by atoms with van der Waals surface area (Å²) in [4.78, 5) is 27.2. The molecular formula is C16H30N2O2. The molecule has 0 aliphatic carbocycles. The molecule has 1 heterocycles. The fourth-order valence-corrected chi connectivity index (χ4v) is 2.94. The molecule has 1 rings (SSSR count). The number of nitrogens with zero attached hydrogens (tertiary/aromatic N) is 1. The van der Waals surface area contributed by atoms with Crippen LogP contribution in [0.5, 0.6) is 0 Å². The topological polar surface area (TPSA) is 49.4 Å². The summed E-state index contributed by atoms with van der Waals surface area (Å²) in [5.74, 6) is 0.768. The number of hydrogen-bond acceptors (Lipinski definition) is 2. The van der Waals surface area contributed by atoms with Crippen molar-refractivity contribution in [2.24, 2.45) is 11.8 Å². The molecule has 0 aromatic carbocycles. The Morgan fingerprint density at radius 1 is 1.15 bits per heavy atom. The van der Waals surface area contributed by atoms with E-state index in [0.29, 0.717) is 25.3 Å². The summed E-state index contributed by atoms with van der Waals surface area (Å²) in [7, 11) is 0. The predicted octanol–water partition coefficient (Wildman–Crippen LogP) is 2.57. The molecule has 0 bridgehead atoms. The maximum atomic E-state index is 12.9. The lowest BCUT2D eigenvalue weighted by Gasteiger charge is -2.47. The molecule has 1 aliphatic heterocycles. The van der Waals surface area contributed by atoms with Crippen molar-refractivity contribution in [1.29, 1.82) is 0 Å². The molecule has 1 aliphatic rings. The summed E-state index contributed by atoms with van der Waals surface area (Å²) in [6.07, 6.45) is 2.24. The maximum Gasteiger partial charge on any atom is 0.248 e. The van der Waals surface area contributed by atoms with Crippen LogP contribution in [0, 0.1) is 11.8 Å². The van der Waals surface area contributed by atoms with Crippen LogP contribution in [-0.2, 0) is 9.59 Å². The number of carbonyl (C=O) groups excluding carboxylic acids is 2. The lowest BCUT2D eigenvalue weighted by Crippen LogP contribution is -2.71. The van der Waals surface area contributed by atoms with Crippen molar-refractivity contribution >= 4 is 11.8 Å². The average Bonchev–Trinajstić information content (AvgIpc) is 2.38. The van der Waals surface area contributed by atoms with Crippen molar-refractivity contribution in [1.82, 2.24) is 10.2 Å². The van der Waals surface area contributed by atoms with Crippen molar-refractivity contribution < 1.29 is 9.59 Å². The summed E-state index contributed by atoms with van der Waals surface area (Å²) in [5, 5.41) is 3.00. The van der Waals surface area contributed by atoms with Gasteiger partial charge in [0.2, 0.25) is 11.8 Å². The van der Waals surface area contributed by atoms with Gasteiger partial charge < -0.3 is 10.2 Å². The van der Waals surface area contributed by atoms with Gasteiger partial charge in [-0.2, -0.15) is 0 Å². The van der Waals surface area contributed by atoms with E-state index in [1.54, 1.807) is 0 Å². The number of piperazine rings is 1. The summed E-state index contributed by atoms with van der Waals surface area (Å²) in [6, 6.07) is -0.326. The Morgan fingerprint density at radius 3 is 2.10 bits per heavy atom. The van der Waals surface area contributed by atoms with Gasteiger partial charge in [0, 0.05) is 6.54 Å². The van der Waals surface area contributed by atoms with Gasteiger partial charge in [0.1, 0.15) is 11.6 Å². The van der Waals surface area contributed by atoms with Crippen LogP contribution in [0.3, 0.4) is 0 Å². The van der Waals surface area contributed by atoms with Crippen LogP contribution in [0.25, 0.3) is 0 Å². The van der Waals surface area contributed by atoms with Crippen LogP contribution in [-0.4, -0.2) is 34.8 Å². The zero-order valence-corrected chi connectivity index (χ0v) is 13.8. The van der Waals surface area contributed by atoms with E-state index in [9.17, 15) is 9.59 Å². The Hall–Kier alpha value is -1.06. The third-order valence-corrected chi connectivity index (χ3v) is 4.42. The van der Waals surface area contributed by atoms with Crippen molar-refractivity contribution in [3.8, 4) is 0 Å². The van der Waals surface area contributed by atoms with Gasteiger partial charge in [0.15, 0.2) is 0 Å². The highest BCUT2D eigenvalue weighted by molar-refractivity contribution is 5.99. The Balaban J connectivity index is 3.07. The highest BCUT2D eigenvalue weighted by Gasteiger charge is 2.49. The fourth-order valence-electron chi connectivity index (χ4n) is 2.94. The largest absolute Gasteiger partial charge is 0.340 e. The van der Waals surface area contributed by atoms with E-state index in [4.69, 9.17) is 0 Å². The SMILES string of the molecule is CCC1(CC)NC(=O)C(C(C)C)N(CCC(C)C)C1=O. The van der Waals surface area contributed by atoms with E-state index in [1.165, 1.54) is 0 Å². The number of rotatable bonds is 6. The first-order valence-electron chi connectivity index (χ1n) is 7.92. The fraction of sp³-hybridized carbons (Fsp3) is 0.875. The van der Waals surface area contributed by atoms with E-state index in [0.717, 1.165) is 6.42 Å². The van der Waals surface area contributed by atoms with E-state index in [1.807, 2.05) is 32.6 Å². The molecule has 4 heteroatoms. The molecule has 0 saturated carbocycles. The monoisotopic (exact) mass is 282 g/mol. The van der Waals surface area contributed by atoms with Gasteiger partial charge in [0.25, 0.3) is 0 Å². The molecule has 20 heavy (non-hydrogen) atoms. The molecule has 0 spiro atoms. The number of carbonyl (C=O) groups is 2. The highest BCUT2D eigenvalue weighted by atomic mass is 16.2. The first-order chi connectivity index (χ1) is 9.29. The van der Waals surface area contributed by atoms with Crippen LogP contribution < -0.4 is 5.32 Å². The quantitative estimate of drug-likeness (QED) is 0.814. The molecule has 1 N–H and O–H groups in total. The molecule has 0 aromatic heterocycles. The molecule has 116 valence electrons. The molecule has 2 amide bonds. The first-order valence-corrected chi connectivity index (χ1v) is 7.92. The molecule has 1 atom stereocenters. The lowest BCUT2D eigenvalue weighted by molar-refractivity contribution is -0.157. The van der Waals surface area contributed by atoms with Crippen LogP contribution in [0.1, 0.15) is 60.8 Å². The maximum absolute atomic E-state index is 12.9. The van der Waals surface area contributed by atoms with E-state index < -0.39 is 5.54 Å². The minimum absolute atomic E-state index is 0.00653. The van der Waals surface area contributed by atoms with Crippen LogP contribution in [0.15, 0.2) is 0 Å². The van der Waals surface area contributed by atoms with Gasteiger partial charge in [-0.3, -0.25) is 9.59 Å². The zero-order chi connectivity index (χ0) is 15.5. The van der Waals surface area contributed by atoms with Gasteiger partial charge in [-0.1, -0.05) is 41.5 Å². The second kappa shape index (κ2) is 6.59. The van der Waals surface area contributed by atoms with Crippen LogP contribution in [0.2, 0.25) is 0 Å². The predicted molar refractivity (Wildman–Crippen MR) is 81.2 cm³/mol. The van der Waals surface area contributed by atoms with Gasteiger partial charge >= 0.3 is 0 Å². The van der Waals surface area contributed by atoms with Gasteiger partial charge in [-0.25, -0.2) is 0 Å². The summed E-state index contributed by atoms with van der Waals surface area (Å²) < 4.78 is 0. The second-order valence-electron chi connectivity index (χ2n) is 6.65. The number of hydrogen-bond donors (Lipinski definition) is 1. The number of nitrogens with one attached hydrogen (secondary N) is 1. The zero-order valence-electron chi connectivity index (χ0n) is 13.8. The summed E-state index contributed by atoms with van der Waals surface area (Å²) in [6.45, 7) is 12.9. The standard InChI is InChI=1S/C16H30N2O2/c1-7-16(8-2)15(20)18(10-9-11(3)4)13(12(5)6)14(19)17-16/h11-13H,7-10H2,1-6H3,(H,17,19). The van der Waals surface area contributed by atoms with Gasteiger partial charge in [0.05, 0.1) is 0 Å². The Labute approximate surface area is 123 Å². The van der Waals surface area contributed by atoms with E-state index in [-0.39, 0.29) is 23.8 Å². The molecule has 4 nitrogen and oxygen atoms in total. The average molecular weight is 282 g/mol. The molecule has 1 saturated heterocycles. The lowest BCUT2D eigenvalue weighted by atomic mass is 9.84. The third kappa shape index (κ3) is 3.15. The molecule has 0 radical (unpaired) electrons. The van der Waals surface area contributed by atoms with E-state index in [2.05, 4.69) is 19.2 Å². The molecular weight excluding hydrogens is 252 g/mol.